The molecule has 0 bridgehead atoms. The van der Waals surface area contributed by atoms with Crippen molar-refractivity contribution in [3.05, 3.63) is 18.2 Å². The van der Waals surface area contributed by atoms with Crippen LogP contribution >= 0.6 is 0 Å². The summed E-state index contributed by atoms with van der Waals surface area (Å²) in [5.74, 6) is 2.33. The van der Waals surface area contributed by atoms with Crippen LogP contribution in [0.25, 0.3) is 0 Å². The Hall–Kier alpha value is -1.95. The average molecular weight is 332 g/mol. The molecule has 3 fully saturated rings. The zero-order valence-corrected chi connectivity index (χ0v) is 14.2. The van der Waals surface area contributed by atoms with Gasteiger partial charge in [0.1, 0.15) is 12.4 Å². The van der Waals surface area contributed by atoms with Crippen molar-refractivity contribution in [2.45, 2.75) is 37.4 Å². The summed E-state index contributed by atoms with van der Waals surface area (Å²) in [4.78, 5) is 17.0. The van der Waals surface area contributed by atoms with Crippen molar-refractivity contribution in [2.24, 2.45) is 0 Å². The van der Waals surface area contributed by atoms with Crippen LogP contribution in [0.3, 0.4) is 0 Å². The molecule has 3 aliphatic heterocycles. The monoisotopic (exact) mass is 332 g/mol. The SMILES string of the molecule is COc1ccc(OCCN2CC[C@H]3CC4C[C@H](C2=O)N43)cc1OC. The van der Waals surface area contributed by atoms with Crippen molar-refractivity contribution in [1.82, 2.24) is 9.80 Å². The number of rotatable bonds is 6. The molecule has 0 saturated carbocycles. The Morgan fingerprint density at radius 1 is 1.12 bits per heavy atom. The Morgan fingerprint density at radius 3 is 2.71 bits per heavy atom. The van der Waals surface area contributed by atoms with Gasteiger partial charge in [-0.05, 0) is 31.4 Å². The standard InChI is InChI=1S/C18H24N2O4/c1-22-16-4-3-14(11-17(16)23-2)24-8-7-19-6-5-12-9-13-10-15(18(19)21)20(12)13/h3-4,11-13,15H,5-10H2,1-2H3/t12-,13?,15+/m0/s1. The molecule has 3 heterocycles. The van der Waals surface area contributed by atoms with Crippen molar-refractivity contribution in [3.63, 3.8) is 0 Å². The fraction of sp³-hybridized carbons (Fsp3) is 0.611. The van der Waals surface area contributed by atoms with E-state index in [1.54, 1.807) is 14.2 Å². The van der Waals surface area contributed by atoms with Crippen LogP contribution in [0.15, 0.2) is 18.2 Å². The van der Waals surface area contributed by atoms with Crippen LogP contribution in [0, 0.1) is 0 Å². The van der Waals surface area contributed by atoms with Crippen molar-refractivity contribution >= 4 is 5.91 Å². The number of carbonyl (C=O) groups excluding carboxylic acids is 1. The fourth-order valence-electron chi connectivity index (χ4n) is 4.21. The van der Waals surface area contributed by atoms with E-state index < -0.39 is 0 Å². The van der Waals surface area contributed by atoms with Gasteiger partial charge in [-0.3, -0.25) is 9.69 Å². The third-order valence-corrected chi connectivity index (χ3v) is 5.56. The lowest BCUT2D eigenvalue weighted by Gasteiger charge is -2.60. The van der Waals surface area contributed by atoms with E-state index in [4.69, 9.17) is 14.2 Å². The van der Waals surface area contributed by atoms with Gasteiger partial charge in [-0.15, -0.1) is 0 Å². The third kappa shape index (κ3) is 2.49. The van der Waals surface area contributed by atoms with Gasteiger partial charge >= 0.3 is 0 Å². The summed E-state index contributed by atoms with van der Waals surface area (Å²) in [6.07, 6.45) is 3.41. The van der Waals surface area contributed by atoms with Crippen molar-refractivity contribution < 1.29 is 19.0 Å². The number of piperidine rings is 1. The average Bonchev–Trinajstić information content (AvgIpc) is 2.63. The molecule has 3 aliphatic rings. The lowest BCUT2D eigenvalue weighted by molar-refractivity contribution is -0.158. The van der Waals surface area contributed by atoms with Crippen LogP contribution in [-0.2, 0) is 4.79 Å². The molecular formula is C18H24N2O4. The molecule has 6 nitrogen and oxygen atoms in total. The molecule has 24 heavy (non-hydrogen) atoms. The highest BCUT2D eigenvalue weighted by molar-refractivity contribution is 5.83. The van der Waals surface area contributed by atoms with E-state index in [9.17, 15) is 4.79 Å². The molecule has 3 atom stereocenters. The van der Waals surface area contributed by atoms with Crippen LogP contribution in [-0.4, -0.2) is 67.7 Å². The van der Waals surface area contributed by atoms with Crippen molar-refractivity contribution in [1.29, 1.82) is 0 Å². The predicted molar refractivity (Wildman–Crippen MR) is 88.7 cm³/mol. The minimum absolute atomic E-state index is 0.136. The molecule has 0 spiro atoms. The van der Waals surface area contributed by atoms with E-state index in [1.165, 1.54) is 6.42 Å². The van der Waals surface area contributed by atoms with Gasteiger partial charge in [0.2, 0.25) is 5.91 Å². The van der Waals surface area contributed by atoms with Gasteiger partial charge < -0.3 is 19.1 Å². The van der Waals surface area contributed by atoms with Crippen molar-refractivity contribution in [3.8, 4) is 17.2 Å². The summed E-state index contributed by atoms with van der Waals surface area (Å²) < 4.78 is 16.3. The summed E-state index contributed by atoms with van der Waals surface area (Å²) in [6.45, 7) is 1.97. The van der Waals surface area contributed by atoms with Gasteiger partial charge in [0, 0.05) is 24.7 Å². The van der Waals surface area contributed by atoms with Crippen LogP contribution in [0.1, 0.15) is 19.3 Å². The van der Waals surface area contributed by atoms with Crippen molar-refractivity contribution in [2.75, 3.05) is 33.9 Å². The maximum Gasteiger partial charge on any atom is 0.240 e. The Labute approximate surface area is 142 Å². The number of benzene rings is 1. The van der Waals surface area contributed by atoms with Gasteiger partial charge in [0.15, 0.2) is 11.5 Å². The van der Waals surface area contributed by atoms with E-state index in [1.807, 2.05) is 23.1 Å². The first-order valence-corrected chi connectivity index (χ1v) is 8.62. The molecule has 1 aromatic carbocycles. The number of hydrogen-bond donors (Lipinski definition) is 0. The second-order valence-corrected chi connectivity index (χ2v) is 6.72. The first-order chi connectivity index (χ1) is 11.7. The molecular weight excluding hydrogens is 308 g/mol. The molecule has 0 aromatic heterocycles. The maximum atomic E-state index is 12.6. The van der Waals surface area contributed by atoms with E-state index >= 15 is 0 Å². The number of amides is 1. The second kappa shape index (κ2) is 6.16. The Morgan fingerprint density at radius 2 is 1.96 bits per heavy atom. The predicted octanol–water partition coefficient (Wildman–Crippen LogP) is 1.53. The Kier molecular flexibility index (Phi) is 4.00. The van der Waals surface area contributed by atoms with E-state index in [0.29, 0.717) is 36.7 Å². The first-order valence-electron chi connectivity index (χ1n) is 8.62. The van der Waals surface area contributed by atoms with Crippen LogP contribution in [0.4, 0.5) is 0 Å². The molecule has 0 aliphatic carbocycles. The van der Waals surface area contributed by atoms with E-state index in [0.717, 1.165) is 25.1 Å². The van der Waals surface area contributed by atoms with Crippen LogP contribution < -0.4 is 14.2 Å². The summed E-state index contributed by atoms with van der Waals surface area (Å²) in [5.41, 5.74) is 0. The smallest absolute Gasteiger partial charge is 0.240 e. The number of carbonyl (C=O) groups is 1. The normalized spacial score (nSPS) is 28.3. The number of nitrogens with zero attached hydrogens (tertiary/aromatic N) is 2. The molecule has 130 valence electrons. The van der Waals surface area contributed by atoms with Gasteiger partial charge in [-0.1, -0.05) is 0 Å². The van der Waals surface area contributed by atoms with Crippen LogP contribution in [0.5, 0.6) is 17.2 Å². The van der Waals surface area contributed by atoms with Gasteiger partial charge in [0.05, 0.1) is 26.8 Å². The topological polar surface area (TPSA) is 51.2 Å². The Bertz CT molecular complexity index is 635. The number of hydrogen-bond acceptors (Lipinski definition) is 5. The number of ether oxygens (including phenoxy) is 3. The highest BCUT2D eigenvalue weighted by Gasteiger charge is 2.56. The largest absolute Gasteiger partial charge is 0.493 e. The molecule has 1 unspecified atom stereocenters. The molecule has 1 aromatic rings. The summed E-state index contributed by atoms with van der Waals surface area (Å²) in [7, 11) is 3.21. The minimum Gasteiger partial charge on any atom is -0.493 e. The maximum absolute atomic E-state index is 12.6. The first kappa shape index (κ1) is 15.6. The minimum atomic E-state index is 0.136. The number of methoxy groups -OCH3 is 2. The molecule has 0 N–H and O–H groups in total. The summed E-state index contributed by atoms with van der Waals surface area (Å²) in [5, 5.41) is 0. The lowest BCUT2D eigenvalue weighted by Crippen LogP contribution is -2.71. The Balaban J connectivity index is 1.33. The van der Waals surface area contributed by atoms with Gasteiger partial charge in [0.25, 0.3) is 0 Å². The zero-order valence-electron chi connectivity index (χ0n) is 14.2. The highest BCUT2D eigenvalue weighted by Crippen LogP contribution is 2.45. The molecule has 3 saturated heterocycles. The van der Waals surface area contributed by atoms with Crippen LogP contribution in [0.2, 0.25) is 0 Å². The third-order valence-electron chi connectivity index (χ3n) is 5.56. The molecule has 6 heteroatoms. The summed E-state index contributed by atoms with van der Waals surface area (Å²) >= 11 is 0. The second-order valence-electron chi connectivity index (χ2n) is 6.72. The van der Waals surface area contributed by atoms with Gasteiger partial charge in [-0.25, -0.2) is 0 Å². The lowest BCUT2D eigenvalue weighted by atomic mass is 9.76. The fourth-order valence-corrected chi connectivity index (χ4v) is 4.21. The molecule has 1 amide bonds. The quantitative estimate of drug-likeness (QED) is 0.791. The summed E-state index contributed by atoms with van der Waals surface area (Å²) in [6, 6.07) is 6.95. The zero-order chi connectivity index (χ0) is 16.7. The molecule has 4 rings (SSSR count). The molecule has 0 radical (unpaired) electrons. The van der Waals surface area contributed by atoms with E-state index in [-0.39, 0.29) is 11.9 Å². The van der Waals surface area contributed by atoms with Gasteiger partial charge in [-0.2, -0.15) is 0 Å². The van der Waals surface area contributed by atoms with E-state index in [2.05, 4.69) is 4.90 Å². The highest BCUT2D eigenvalue weighted by atomic mass is 16.5.